The molecule has 1 amide bonds. The predicted molar refractivity (Wildman–Crippen MR) is 122 cm³/mol. The molecule has 4 rings (SSSR count). The zero-order valence-electron chi connectivity index (χ0n) is 20.2. The summed E-state index contributed by atoms with van der Waals surface area (Å²) in [4.78, 5) is 20.6. The Morgan fingerprint density at radius 3 is 2.38 bits per heavy atom. The van der Waals surface area contributed by atoms with Crippen LogP contribution in [-0.4, -0.2) is 51.9 Å². The van der Waals surface area contributed by atoms with Crippen molar-refractivity contribution in [3.63, 3.8) is 0 Å². The molecule has 1 saturated heterocycles. The second kappa shape index (κ2) is 7.24. The Morgan fingerprint density at radius 1 is 1.15 bits per heavy atom. The van der Waals surface area contributed by atoms with E-state index < -0.39 is 34.4 Å². The van der Waals surface area contributed by atoms with Crippen LogP contribution in [0.3, 0.4) is 0 Å². The molecule has 34 heavy (non-hydrogen) atoms. The number of benzene rings is 1. The lowest BCUT2D eigenvalue weighted by Crippen LogP contribution is -2.58. The predicted octanol–water partition coefficient (Wildman–Crippen LogP) is 5.65. The second-order valence-corrected chi connectivity index (χ2v) is 11.3. The fourth-order valence-corrected chi connectivity index (χ4v) is 5.47. The number of aromatic nitrogens is 1. The lowest BCUT2D eigenvalue weighted by Gasteiger charge is -2.43. The molecule has 1 aliphatic carbocycles. The van der Waals surface area contributed by atoms with Gasteiger partial charge >= 0.3 is 12.3 Å². The summed E-state index contributed by atoms with van der Waals surface area (Å²) in [5, 5.41) is 10.0. The van der Waals surface area contributed by atoms with E-state index in [1.165, 1.54) is 4.90 Å². The van der Waals surface area contributed by atoms with Crippen LogP contribution in [0.15, 0.2) is 30.5 Å². The fraction of sp³-hybridized carbons (Fsp3) is 0.560. The van der Waals surface area contributed by atoms with Gasteiger partial charge in [0.1, 0.15) is 17.1 Å². The summed E-state index contributed by atoms with van der Waals surface area (Å²) in [7, 11) is 0. The number of pyridine rings is 1. The minimum atomic E-state index is -4.52. The third-order valence-electron chi connectivity index (χ3n) is 6.70. The number of halogens is 3. The summed E-state index contributed by atoms with van der Waals surface area (Å²) in [6.07, 6.45) is -3.90. The van der Waals surface area contributed by atoms with Crippen molar-refractivity contribution in [2.24, 2.45) is 5.41 Å². The number of hydrogen-bond acceptors (Lipinski definition) is 5. The number of carbonyl (C=O) groups is 1. The van der Waals surface area contributed by atoms with Crippen LogP contribution >= 0.6 is 0 Å². The molecule has 0 N–H and O–H groups in total. The van der Waals surface area contributed by atoms with Crippen LogP contribution in [0.1, 0.15) is 53.5 Å². The number of rotatable bonds is 2. The van der Waals surface area contributed by atoms with Gasteiger partial charge in [0, 0.05) is 35.9 Å². The SMILES string of the molecule is CC(C)(C)OC(=O)N(C(C)(C)C)C12CN(c3ccc(C#N)c4ncccc34)CC1(C(F)(F)F)C2. The number of amides is 1. The highest BCUT2D eigenvalue weighted by Gasteiger charge is 2.87. The van der Waals surface area contributed by atoms with Gasteiger partial charge in [-0.3, -0.25) is 9.88 Å². The molecule has 2 atom stereocenters. The molecule has 182 valence electrons. The zero-order chi connectivity index (χ0) is 25.3. The zero-order valence-corrected chi connectivity index (χ0v) is 20.2. The van der Waals surface area contributed by atoms with E-state index in [-0.39, 0.29) is 19.5 Å². The first-order valence-corrected chi connectivity index (χ1v) is 11.2. The van der Waals surface area contributed by atoms with Crippen LogP contribution in [0.4, 0.5) is 23.7 Å². The number of anilines is 1. The maximum atomic E-state index is 14.6. The van der Waals surface area contributed by atoms with Crippen LogP contribution in [0, 0.1) is 16.7 Å². The maximum absolute atomic E-state index is 14.6. The van der Waals surface area contributed by atoms with Crippen LogP contribution in [0.5, 0.6) is 0 Å². The smallest absolute Gasteiger partial charge is 0.411 e. The van der Waals surface area contributed by atoms with Crippen LogP contribution in [0.25, 0.3) is 10.9 Å². The van der Waals surface area contributed by atoms with Crippen LogP contribution < -0.4 is 4.90 Å². The lowest BCUT2D eigenvalue weighted by atomic mass is 9.96. The van der Waals surface area contributed by atoms with E-state index in [1.807, 2.05) is 0 Å². The highest BCUT2D eigenvalue weighted by atomic mass is 19.4. The highest BCUT2D eigenvalue weighted by Crippen LogP contribution is 2.72. The van der Waals surface area contributed by atoms with Gasteiger partial charge in [0.25, 0.3) is 0 Å². The Kier molecular flexibility index (Phi) is 5.13. The summed E-state index contributed by atoms with van der Waals surface area (Å²) in [6.45, 7) is 10.00. The Morgan fingerprint density at radius 2 is 1.82 bits per heavy atom. The molecule has 0 spiro atoms. The summed E-state index contributed by atoms with van der Waals surface area (Å²) < 4.78 is 49.5. The quantitative estimate of drug-likeness (QED) is 0.562. The van der Waals surface area contributed by atoms with Gasteiger partial charge in [0.05, 0.1) is 16.6 Å². The maximum Gasteiger partial charge on any atom is 0.411 e. The first-order chi connectivity index (χ1) is 15.6. The van der Waals surface area contributed by atoms with Gasteiger partial charge in [-0.05, 0) is 72.2 Å². The average molecular weight is 475 g/mol. The molecule has 1 aromatic carbocycles. The van der Waals surface area contributed by atoms with Crippen LogP contribution in [0.2, 0.25) is 0 Å². The Labute approximate surface area is 197 Å². The molecule has 0 bridgehead atoms. The van der Waals surface area contributed by atoms with Crippen molar-refractivity contribution in [2.45, 2.75) is 70.8 Å². The van der Waals surface area contributed by atoms with Crippen molar-refractivity contribution in [3.05, 3.63) is 36.0 Å². The molecule has 1 saturated carbocycles. The van der Waals surface area contributed by atoms with E-state index in [4.69, 9.17) is 4.74 Å². The second-order valence-electron chi connectivity index (χ2n) is 11.3. The highest BCUT2D eigenvalue weighted by molar-refractivity contribution is 5.95. The molecule has 2 heterocycles. The van der Waals surface area contributed by atoms with Crippen molar-refractivity contribution in [2.75, 3.05) is 18.0 Å². The Balaban J connectivity index is 1.83. The van der Waals surface area contributed by atoms with E-state index in [0.29, 0.717) is 22.2 Å². The van der Waals surface area contributed by atoms with E-state index in [2.05, 4.69) is 11.1 Å². The molecule has 1 aliphatic heterocycles. The van der Waals surface area contributed by atoms with Gasteiger partial charge in [-0.15, -0.1) is 0 Å². The topological polar surface area (TPSA) is 69.5 Å². The monoisotopic (exact) mass is 474 g/mol. The molecule has 1 aromatic heterocycles. The molecular formula is C25H29F3N4O2. The van der Waals surface area contributed by atoms with Gasteiger partial charge < -0.3 is 9.64 Å². The van der Waals surface area contributed by atoms with Crippen molar-refractivity contribution in [1.82, 2.24) is 9.88 Å². The third-order valence-corrected chi connectivity index (χ3v) is 6.70. The van der Waals surface area contributed by atoms with Crippen molar-refractivity contribution in [3.8, 4) is 6.07 Å². The molecule has 0 radical (unpaired) electrons. The molecular weight excluding hydrogens is 445 g/mol. The average Bonchev–Trinajstić information content (AvgIpc) is 3.20. The fourth-order valence-electron chi connectivity index (χ4n) is 5.47. The van der Waals surface area contributed by atoms with Gasteiger partial charge in [-0.2, -0.15) is 18.4 Å². The number of nitrogens with zero attached hydrogens (tertiary/aromatic N) is 4. The summed E-state index contributed by atoms with van der Waals surface area (Å²) in [5.41, 5.74) is -3.93. The summed E-state index contributed by atoms with van der Waals surface area (Å²) in [5.74, 6) is 0. The van der Waals surface area contributed by atoms with Gasteiger partial charge in [0.2, 0.25) is 0 Å². The normalized spacial score (nSPS) is 24.5. The lowest BCUT2D eigenvalue weighted by molar-refractivity contribution is -0.193. The van der Waals surface area contributed by atoms with Crippen molar-refractivity contribution >= 4 is 22.7 Å². The summed E-state index contributed by atoms with van der Waals surface area (Å²) in [6, 6.07) is 8.79. The van der Waals surface area contributed by atoms with Crippen LogP contribution in [-0.2, 0) is 4.74 Å². The summed E-state index contributed by atoms with van der Waals surface area (Å²) >= 11 is 0. The van der Waals surface area contributed by atoms with Gasteiger partial charge in [0.15, 0.2) is 0 Å². The first kappa shape index (κ1) is 24.1. The van der Waals surface area contributed by atoms with E-state index >= 15 is 0 Å². The van der Waals surface area contributed by atoms with Crippen molar-refractivity contribution < 1.29 is 22.7 Å². The molecule has 2 unspecified atom stereocenters. The molecule has 9 heteroatoms. The van der Waals surface area contributed by atoms with Gasteiger partial charge in [-0.25, -0.2) is 4.79 Å². The molecule has 2 aliphatic rings. The molecule has 2 aromatic rings. The number of fused-ring (bicyclic) bond motifs is 2. The molecule has 2 fully saturated rings. The number of piperidine rings is 1. The first-order valence-electron chi connectivity index (χ1n) is 11.2. The molecule has 6 nitrogen and oxygen atoms in total. The minimum Gasteiger partial charge on any atom is -0.444 e. The number of ether oxygens (including phenoxy) is 1. The Bertz CT molecular complexity index is 1190. The number of hydrogen-bond donors (Lipinski definition) is 0. The minimum absolute atomic E-state index is 0.00107. The Hall–Kier alpha value is -3.02. The van der Waals surface area contributed by atoms with E-state index in [1.54, 1.807) is 76.9 Å². The van der Waals surface area contributed by atoms with Crippen molar-refractivity contribution in [1.29, 1.82) is 5.26 Å². The van der Waals surface area contributed by atoms with E-state index in [9.17, 15) is 23.2 Å². The van der Waals surface area contributed by atoms with Gasteiger partial charge in [-0.1, -0.05) is 0 Å². The number of alkyl halides is 3. The van der Waals surface area contributed by atoms with E-state index in [0.717, 1.165) is 0 Å². The largest absolute Gasteiger partial charge is 0.444 e. The standard InChI is InChI=1S/C25H29F3N4O2/c1-21(2,3)32(20(33)34-22(4,5)6)24-13-23(24,25(26,27)28)14-31(15-24)18-10-9-16(12-29)19-17(18)8-7-11-30-19/h7-11H,13-15H2,1-6H3. The number of nitriles is 1. The third kappa shape index (κ3) is 3.55. The number of carbonyl (C=O) groups excluding carboxylic acids is 1.